The van der Waals surface area contributed by atoms with Crippen LogP contribution in [-0.4, -0.2) is 31.0 Å². The van der Waals surface area contributed by atoms with E-state index >= 15 is 0 Å². The van der Waals surface area contributed by atoms with Gasteiger partial charge in [-0.1, -0.05) is 30.3 Å². The van der Waals surface area contributed by atoms with Gasteiger partial charge in [-0.3, -0.25) is 4.79 Å². The molecule has 0 unspecified atom stereocenters. The molecule has 134 valence electrons. The summed E-state index contributed by atoms with van der Waals surface area (Å²) in [5.74, 6) is -1.06. The standard InChI is InChI=1S/C19H18N2O4S/c1-13-11-18(21-17-8-3-2-7-16(13)17)14-5-4-6-15(12-14)26(24,25)20-10-9-19(22)23/h2-8,11-12,20H,9-10H2,1H3,(H,22,23). The summed E-state index contributed by atoms with van der Waals surface area (Å²) < 4.78 is 27.0. The number of hydrogen-bond donors (Lipinski definition) is 2. The summed E-state index contributed by atoms with van der Waals surface area (Å²) in [7, 11) is -3.78. The quantitative estimate of drug-likeness (QED) is 0.695. The maximum absolute atomic E-state index is 12.4. The van der Waals surface area contributed by atoms with Gasteiger partial charge in [0.2, 0.25) is 10.0 Å². The molecular weight excluding hydrogens is 352 g/mol. The minimum atomic E-state index is -3.78. The molecule has 2 aromatic carbocycles. The predicted molar refractivity (Wildman–Crippen MR) is 99.4 cm³/mol. The van der Waals surface area contributed by atoms with E-state index in [1.807, 2.05) is 37.3 Å². The molecule has 6 nitrogen and oxygen atoms in total. The van der Waals surface area contributed by atoms with Crippen LogP contribution in [0.4, 0.5) is 0 Å². The largest absolute Gasteiger partial charge is 0.481 e. The van der Waals surface area contributed by atoms with E-state index in [1.54, 1.807) is 18.2 Å². The molecule has 3 aromatic rings. The lowest BCUT2D eigenvalue weighted by atomic mass is 10.1. The molecule has 0 bridgehead atoms. The van der Waals surface area contributed by atoms with Crippen molar-refractivity contribution >= 4 is 26.9 Å². The second-order valence-corrected chi connectivity index (χ2v) is 7.68. The Hall–Kier alpha value is -2.77. The maximum atomic E-state index is 12.4. The van der Waals surface area contributed by atoms with Gasteiger partial charge in [-0.05, 0) is 36.8 Å². The van der Waals surface area contributed by atoms with Crippen molar-refractivity contribution in [1.82, 2.24) is 9.71 Å². The molecular formula is C19H18N2O4S. The average Bonchev–Trinajstić information content (AvgIpc) is 2.61. The zero-order valence-corrected chi connectivity index (χ0v) is 15.0. The van der Waals surface area contributed by atoms with Crippen molar-refractivity contribution in [2.24, 2.45) is 0 Å². The third kappa shape index (κ3) is 3.89. The average molecular weight is 370 g/mol. The fraction of sp³-hybridized carbons (Fsp3) is 0.158. The number of aliphatic carboxylic acids is 1. The third-order valence-corrected chi connectivity index (χ3v) is 5.45. The van der Waals surface area contributed by atoms with Gasteiger partial charge >= 0.3 is 5.97 Å². The molecule has 1 heterocycles. The summed E-state index contributed by atoms with van der Waals surface area (Å²) in [6, 6.07) is 16.2. The zero-order valence-electron chi connectivity index (χ0n) is 14.1. The van der Waals surface area contributed by atoms with E-state index in [4.69, 9.17) is 5.11 Å². The first kappa shape index (κ1) is 18.0. The Morgan fingerprint density at radius 2 is 1.88 bits per heavy atom. The summed E-state index contributed by atoms with van der Waals surface area (Å²) in [4.78, 5) is 15.3. The highest BCUT2D eigenvalue weighted by Crippen LogP contribution is 2.25. The minimum absolute atomic E-state index is 0.0769. The van der Waals surface area contributed by atoms with Gasteiger partial charge in [0.1, 0.15) is 0 Å². The highest BCUT2D eigenvalue weighted by molar-refractivity contribution is 7.89. The molecule has 0 radical (unpaired) electrons. The number of hydrogen-bond acceptors (Lipinski definition) is 4. The molecule has 0 aliphatic rings. The van der Waals surface area contributed by atoms with Crippen LogP contribution < -0.4 is 4.72 Å². The highest BCUT2D eigenvalue weighted by Gasteiger charge is 2.15. The second kappa shape index (κ2) is 7.23. The molecule has 26 heavy (non-hydrogen) atoms. The summed E-state index contributed by atoms with van der Waals surface area (Å²) in [5.41, 5.74) is 3.26. The van der Waals surface area contributed by atoms with Crippen LogP contribution in [0.3, 0.4) is 0 Å². The monoisotopic (exact) mass is 370 g/mol. The predicted octanol–water partition coefficient (Wildman–Crippen LogP) is 2.96. The Morgan fingerprint density at radius 1 is 1.12 bits per heavy atom. The van der Waals surface area contributed by atoms with Crippen LogP contribution in [0.1, 0.15) is 12.0 Å². The Bertz CT molecular complexity index is 1080. The van der Waals surface area contributed by atoms with Gasteiger partial charge in [0.15, 0.2) is 0 Å². The Morgan fingerprint density at radius 3 is 2.65 bits per heavy atom. The van der Waals surface area contributed by atoms with Crippen molar-refractivity contribution in [3.8, 4) is 11.3 Å². The molecule has 0 aliphatic carbocycles. The van der Waals surface area contributed by atoms with Gasteiger partial charge < -0.3 is 5.11 Å². The number of fused-ring (bicyclic) bond motifs is 1. The fourth-order valence-corrected chi connectivity index (χ4v) is 3.77. The highest BCUT2D eigenvalue weighted by atomic mass is 32.2. The number of carboxylic acids is 1. The number of carboxylic acid groups (broad SMARTS) is 1. The summed E-state index contributed by atoms with van der Waals surface area (Å²) >= 11 is 0. The van der Waals surface area contributed by atoms with Crippen molar-refractivity contribution in [2.75, 3.05) is 6.54 Å². The first-order valence-corrected chi connectivity index (χ1v) is 9.53. The number of sulfonamides is 1. The van der Waals surface area contributed by atoms with Crippen molar-refractivity contribution in [3.05, 3.63) is 60.2 Å². The number of benzene rings is 2. The van der Waals surface area contributed by atoms with E-state index in [1.165, 1.54) is 6.07 Å². The van der Waals surface area contributed by atoms with Gasteiger partial charge in [-0.25, -0.2) is 18.1 Å². The molecule has 0 amide bonds. The van der Waals surface area contributed by atoms with Gasteiger partial charge in [0.05, 0.1) is 22.5 Å². The Balaban J connectivity index is 1.96. The summed E-state index contributed by atoms with van der Waals surface area (Å²) in [5, 5.41) is 9.69. The van der Waals surface area contributed by atoms with Crippen molar-refractivity contribution in [2.45, 2.75) is 18.2 Å². The molecule has 0 atom stereocenters. The number of nitrogens with zero attached hydrogens (tertiary/aromatic N) is 1. The number of rotatable bonds is 6. The normalized spacial score (nSPS) is 11.6. The van der Waals surface area contributed by atoms with Crippen molar-refractivity contribution < 1.29 is 18.3 Å². The first-order chi connectivity index (χ1) is 12.4. The molecule has 7 heteroatoms. The van der Waals surface area contributed by atoms with Crippen LogP contribution in [0, 0.1) is 6.92 Å². The number of carbonyl (C=O) groups is 1. The SMILES string of the molecule is Cc1cc(-c2cccc(S(=O)(=O)NCCC(=O)O)c2)nc2ccccc12. The zero-order chi connectivity index (χ0) is 18.7. The first-order valence-electron chi connectivity index (χ1n) is 8.05. The van der Waals surface area contributed by atoms with E-state index in [0.29, 0.717) is 11.3 Å². The smallest absolute Gasteiger partial charge is 0.304 e. The molecule has 0 fully saturated rings. The van der Waals surface area contributed by atoms with Gasteiger partial charge in [-0.15, -0.1) is 0 Å². The molecule has 0 saturated heterocycles. The van der Waals surface area contributed by atoms with Gasteiger partial charge in [0, 0.05) is 17.5 Å². The van der Waals surface area contributed by atoms with E-state index in [0.717, 1.165) is 16.5 Å². The van der Waals surface area contributed by atoms with Crippen molar-refractivity contribution in [3.63, 3.8) is 0 Å². The number of para-hydroxylation sites is 1. The van der Waals surface area contributed by atoms with Gasteiger partial charge in [0.25, 0.3) is 0 Å². The second-order valence-electron chi connectivity index (χ2n) is 5.91. The minimum Gasteiger partial charge on any atom is -0.481 e. The van der Waals surface area contributed by atoms with E-state index in [2.05, 4.69) is 9.71 Å². The Kier molecular flexibility index (Phi) is 5.01. The van der Waals surface area contributed by atoms with Crippen molar-refractivity contribution in [1.29, 1.82) is 0 Å². The maximum Gasteiger partial charge on any atom is 0.304 e. The van der Waals surface area contributed by atoms with Gasteiger partial charge in [-0.2, -0.15) is 0 Å². The molecule has 0 aliphatic heterocycles. The summed E-state index contributed by atoms with van der Waals surface area (Å²) in [6.07, 6.45) is -0.273. The lowest BCUT2D eigenvalue weighted by Crippen LogP contribution is -2.26. The van der Waals surface area contributed by atoms with E-state index < -0.39 is 16.0 Å². The molecule has 2 N–H and O–H groups in total. The molecule has 3 rings (SSSR count). The lowest BCUT2D eigenvalue weighted by Gasteiger charge is -2.09. The molecule has 0 saturated carbocycles. The lowest BCUT2D eigenvalue weighted by molar-refractivity contribution is -0.136. The van der Waals surface area contributed by atoms with Crippen LogP contribution in [0.5, 0.6) is 0 Å². The van der Waals surface area contributed by atoms with Crippen LogP contribution in [0.2, 0.25) is 0 Å². The van der Waals surface area contributed by atoms with Crippen LogP contribution in [-0.2, 0) is 14.8 Å². The van der Waals surface area contributed by atoms with Crippen LogP contribution >= 0.6 is 0 Å². The fourth-order valence-electron chi connectivity index (χ4n) is 2.70. The van der Waals surface area contributed by atoms with Crippen LogP contribution in [0.25, 0.3) is 22.2 Å². The number of aryl methyl sites for hydroxylation is 1. The van der Waals surface area contributed by atoms with Crippen LogP contribution in [0.15, 0.2) is 59.5 Å². The molecule has 0 spiro atoms. The third-order valence-electron chi connectivity index (χ3n) is 3.99. The number of nitrogens with one attached hydrogen (secondary N) is 1. The topological polar surface area (TPSA) is 96.4 Å². The van der Waals surface area contributed by atoms with E-state index in [9.17, 15) is 13.2 Å². The summed E-state index contributed by atoms with van der Waals surface area (Å²) in [6.45, 7) is 1.83. The number of pyridine rings is 1. The molecule has 1 aromatic heterocycles. The Labute approximate surface area is 151 Å². The number of aromatic nitrogens is 1. The van der Waals surface area contributed by atoms with E-state index in [-0.39, 0.29) is 17.9 Å².